The van der Waals surface area contributed by atoms with Crippen molar-refractivity contribution >= 4 is 17.9 Å². The van der Waals surface area contributed by atoms with E-state index in [1.807, 2.05) is 0 Å². The molecule has 0 rings (SSSR count). The van der Waals surface area contributed by atoms with Crippen molar-refractivity contribution < 1.29 is 28.6 Å². The molecule has 0 radical (unpaired) electrons. The number of carbonyl (C=O) groups is 3. The summed E-state index contributed by atoms with van der Waals surface area (Å²) in [4.78, 5) is 37.7. The lowest BCUT2D eigenvalue weighted by atomic mass is 10.0. The summed E-state index contributed by atoms with van der Waals surface area (Å²) in [5.74, 6) is -0.885. The Morgan fingerprint density at radius 3 is 0.875 bits per heavy atom. The molecule has 6 heteroatoms. The van der Waals surface area contributed by atoms with Crippen molar-refractivity contribution in [1.82, 2.24) is 0 Å². The first-order valence-electron chi connectivity index (χ1n) is 28.0. The number of hydrogen-bond donors (Lipinski definition) is 0. The molecule has 0 spiro atoms. The van der Waals surface area contributed by atoms with Crippen LogP contribution in [0.15, 0.2) is 36.5 Å². The molecule has 1 atom stereocenters. The molecule has 0 aliphatic carbocycles. The minimum atomic E-state index is -0.770. The maximum Gasteiger partial charge on any atom is 0.306 e. The van der Waals surface area contributed by atoms with Crippen molar-refractivity contribution in [3.8, 4) is 0 Å². The molecule has 0 N–H and O–H groups in total. The molecular weight excluding hydrogens is 793 g/mol. The smallest absolute Gasteiger partial charge is 0.306 e. The highest BCUT2D eigenvalue weighted by Crippen LogP contribution is 2.16. The molecule has 0 aliphatic rings. The fourth-order valence-electron chi connectivity index (χ4n) is 8.12. The van der Waals surface area contributed by atoms with E-state index in [1.165, 1.54) is 180 Å². The third-order valence-electron chi connectivity index (χ3n) is 12.4. The van der Waals surface area contributed by atoms with E-state index in [0.717, 1.165) is 77.0 Å². The van der Waals surface area contributed by atoms with Crippen molar-refractivity contribution in [2.75, 3.05) is 13.2 Å². The maximum absolute atomic E-state index is 12.7. The SMILES string of the molecule is CCCCCCC/C=C\C/C=C\CCCCCCCCCCCCCCCC(=O)OCC(COC(=O)CCCCCCC)OC(=O)CCCCCCC/C=C\CCCCCCCCC. The maximum atomic E-state index is 12.7. The Hall–Kier alpha value is -2.37. The monoisotopic (exact) mass is 899 g/mol. The zero-order valence-corrected chi connectivity index (χ0v) is 42.8. The minimum Gasteiger partial charge on any atom is -0.462 e. The van der Waals surface area contributed by atoms with E-state index in [9.17, 15) is 14.4 Å². The van der Waals surface area contributed by atoms with Crippen LogP contribution in [0.1, 0.15) is 297 Å². The fraction of sp³-hybridized carbons (Fsp3) is 0.845. The van der Waals surface area contributed by atoms with Gasteiger partial charge in [0.25, 0.3) is 0 Å². The number of unbranched alkanes of at least 4 members (excludes halogenated alkanes) is 34. The molecular formula is C58H106O6. The van der Waals surface area contributed by atoms with E-state index in [1.54, 1.807) is 0 Å². The summed E-state index contributed by atoms with van der Waals surface area (Å²) >= 11 is 0. The van der Waals surface area contributed by atoms with Crippen molar-refractivity contribution in [2.45, 2.75) is 303 Å². The van der Waals surface area contributed by atoms with Crippen LogP contribution < -0.4 is 0 Å². The zero-order chi connectivity index (χ0) is 46.5. The van der Waals surface area contributed by atoms with E-state index in [0.29, 0.717) is 19.3 Å². The molecule has 0 aromatic rings. The standard InChI is InChI=1S/C58H106O6/c1-4-7-10-13-15-17-19-21-23-25-26-27-28-29-30-31-32-33-35-36-38-40-42-45-48-51-57(60)63-54-55(53-62-56(59)50-47-44-12-9-6-3)64-58(61)52-49-46-43-41-39-37-34-24-22-20-18-16-14-11-8-5-2/h19,21,24-26,34,55H,4-18,20,22-23,27-33,35-54H2,1-3H3/b21-19-,26-25-,34-24-. The second-order valence-electron chi connectivity index (χ2n) is 18.8. The lowest BCUT2D eigenvalue weighted by molar-refractivity contribution is -0.167. The number of carbonyl (C=O) groups excluding carboxylic acids is 3. The van der Waals surface area contributed by atoms with Gasteiger partial charge in [-0.1, -0.05) is 237 Å². The van der Waals surface area contributed by atoms with Crippen LogP contribution in [0.4, 0.5) is 0 Å². The molecule has 1 unspecified atom stereocenters. The summed E-state index contributed by atoms with van der Waals surface area (Å²) in [5, 5.41) is 0. The Morgan fingerprint density at radius 2 is 0.562 bits per heavy atom. The van der Waals surface area contributed by atoms with E-state index in [2.05, 4.69) is 57.2 Å². The van der Waals surface area contributed by atoms with E-state index in [4.69, 9.17) is 14.2 Å². The molecule has 0 aromatic heterocycles. The molecule has 64 heavy (non-hydrogen) atoms. The first kappa shape index (κ1) is 61.6. The molecule has 0 fully saturated rings. The Bertz CT molecular complexity index is 1080. The summed E-state index contributed by atoms with van der Waals surface area (Å²) in [6.45, 7) is 6.56. The summed E-state index contributed by atoms with van der Waals surface area (Å²) in [6.07, 6.45) is 63.2. The van der Waals surface area contributed by atoms with Crippen LogP contribution in [0, 0.1) is 0 Å². The van der Waals surface area contributed by atoms with Crippen molar-refractivity contribution in [2.24, 2.45) is 0 Å². The van der Waals surface area contributed by atoms with Crippen LogP contribution >= 0.6 is 0 Å². The van der Waals surface area contributed by atoms with E-state index >= 15 is 0 Å². The quantitative estimate of drug-likeness (QED) is 0.0262. The van der Waals surface area contributed by atoms with Gasteiger partial charge in [0.1, 0.15) is 13.2 Å². The summed E-state index contributed by atoms with van der Waals surface area (Å²) in [7, 11) is 0. The average Bonchev–Trinajstić information content (AvgIpc) is 3.29. The molecule has 0 amide bonds. The average molecular weight is 899 g/mol. The van der Waals surface area contributed by atoms with Gasteiger partial charge in [0, 0.05) is 19.3 Å². The number of rotatable bonds is 51. The molecule has 0 saturated heterocycles. The van der Waals surface area contributed by atoms with Gasteiger partial charge in [-0.2, -0.15) is 0 Å². The summed E-state index contributed by atoms with van der Waals surface area (Å²) in [6, 6.07) is 0. The van der Waals surface area contributed by atoms with E-state index < -0.39 is 6.10 Å². The van der Waals surface area contributed by atoms with Gasteiger partial charge in [-0.15, -0.1) is 0 Å². The molecule has 0 aliphatic heterocycles. The molecule has 374 valence electrons. The molecule has 0 saturated carbocycles. The molecule has 0 heterocycles. The lowest BCUT2D eigenvalue weighted by Gasteiger charge is -2.18. The Labute approximate surface area is 397 Å². The first-order chi connectivity index (χ1) is 31.5. The van der Waals surface area contributed by atoms with Crippen LogP contribution in [0.2, 0.25) is 0 Å². The second-order valence-corrected chi connectivity index (χ2v) is 18.8. The Balaban J connectivity index is 4.05. The lowest BCUT2D eigenvalue weighted by Crippen LogP contribution is -2.30. The van der Waals surface area contributed by atoms with Crippen LogP contribution in [-0.4, -0.2) is 37.2 Å². The fourth-order valence-corrected chi connectivity index (χ4v) is 8.12. The van der Waals surface area contributed by atoms with Crippen molar-refractivity contribution in [3.05, 3.63) is 36.5 Å². The van der Waals surface area contributed by atoms with Gasteiger partial charge in [-0.25, -0.2) is 0 Å². The molecule has 0 bridgehead atoms. The highest BCUT2D eigenvalue weighted by molar-refractivity contribution is 5.71. The molecule has 6 nitrogen and oxygen atoms in total. The van der Waals surface area contributed by atoms with Crippen LogP contribution in [0.25, 0.3) is 0 Å². The summed E-state index contributed by atoms with van der Waals surface area (Å²) in [5.41, 5.74) is 0. The largest absolute Gasteiger partial charge is 0.462 e. The Kier molecular flexibility index (Phi) is 51.3. The van der Waals surface area contributed by atoms with Crippen LogP contribution in [0.3, 0.4) is 0 Å². The van der Waals surface area contributed by atoms with Crippen LogP contribution in [0.5, 0.6) is 0 Å². The van der Waals surface area contributed by atoms with Crippen molar-refractivity contribution in [3.63, 3.8) is 0 Å². The second kappa shape index (κ2) is 53.2. The predicted molar refractivity (Wildman–Crippen MR) is 275 cm³/mol. The topological polar surface area (TPSA) is 78.9 Å². The van der Waals surface area contributed by atoms with Gasteiger partial charge < -0.3 is 14.2 Å². The summed E-state index contributed by atoms with van der Waals surface area (Å²) < 4.78 is 16.7. The predicted octanol–water partition coefficient (Wildman–Crippen LogP) is 18.5. The van der Waals surface area contributed by atoms with Gasteiger partial charge in [-0.05, 0) is 77.0 Å². The van der Waals surface area contributed by atoms with Gasteiger partial charge in [-0.3, -0.25) is 14.4 Å². The number of ether oxygens (including phenoxy) is 3. The van der Waals surface area contributed by atoms with Gasteiger partial charge in [0.2, 0.25) is 0 Å². The number of esters is 3. The van der Waals surface area contributed by atoms with Gasteiger partial charge >= 0.3 is 17.9 Å². The van der Waals surface area contributed by atoms with Gasteiger partial charge in [0.05, 0.1) is 0 Å². The zero-order valence-electron chi connectivity index (χ0n) is 42.8. The van der Waals surface area contributed by atoms with Gasteiger partial charge in [0.15, 0.2) is 6.10 Å². The van der Waals surface area contributed by atoms with E-state index in [-0.39, 0.29) is 31.1 Å². The minimum absolute atomic E-state index is 0.0738. The number of hydrogen-bond acceptors (Lipinski definition) is 6. The third-order valence-corrected chi connectivity index (χ3v) is 12.4. The normalized spacial score (nSPS) is 12.2. The Morgan fingerprint density at radius 1 is 0.312 bits per heavy atom. The highest BCUT2D eigenvalue weighted by Gasteiger charge is 2.19. The third kappa shape index (κ3) is 50.6. The number of allylic oxidation sites excluding steroid dienone is 6. The van der Waals surface area contributed by atoms with Crippen LogP contribution in [-0.2, 0) is 28.6 Å². The molecule has 0 aromatic carbocycles. The highest BCUT2D eigenvalue weighted by atomic mass is 16.6. The van der Waals surface area contributed by atoms with Crippen molar-refractivity contribution in [1.29, 1.82) is 0 Å². The first-order valence-corrected chi connectivity index (χ1v) is 28.0.